The smallest absolute Gasteiger partial charge is 0.229 e. The largest absolute Gasteiger partial charge is 0.487 e. The summed E-state index contributed by atoms with van der Waals surface area (Å²) in [5, 5.41) is 7.00. The van der Waals surface area contributed by atoms with E-state index in [-0.39, 0.29) is 5.92 Å². The van der Waals surface area contributed by atoms with E-state index >= 15 is 0 Å². The topological polar surface area (TPSA) is 76.9 Å². The van der Waals surface area contributed by atoms with Gasteiger partial charge in [-0.1, -0.05) is 23.7 Å². The van der Waals surface area contributed by atoms with Crippen molar-refractivity contribution in [3.63, 3.8) is 0 Å². The van der Waals surface area contributed by atoms with E-state index in [4.69, 9.17) is 26.3 Å². The third kappa shape index (κ3) is 4.26. The number of halogens is 3. The van der Waals surface area contributed by atoms with Gasteiger partial charge in [0.05, 0.1) is 11.4 Å². The zero-order valence-electron chi connectivity index (χ0n) is 19.0. The fourth-order valence-electron chi connectivity index (χ4n) is 4.68. The SMILES string of the molecule is Fc1ccc(C2CCc3c4nc(nc32)Nc2ccc(-n3cnc(Cl)c3)c(c2)OC/C=C\CN4)c(F)c1. The summed E-state index contributed by atoms with van der Waals surface area (Å²) in [5.41, 5.74) is 3.62. The second kappa shape index (κ2) is 9.23. The first-order valence-corrected chi connectivity index (χ1v) is 11.9. The maximum Gasteiger partial charge on any atom is 0.229 e. The molecule has 2 aliphatic rings. The second-order valence-corrected chi connectivity index (χ2v) is 8.98. The molecule has 0 amide bonds. The Hall–Kier alpha value is -3.98. The minimum absolute atomic E-state index is 0.289. The van der Waals surface area contributed by atoms with Gasteiger partial charge in [-0.05, 0) is 42.7 Å². The molecule has 1 aliphatic carbocycles. The van der Waals surface area contributed by atoms with E-state index < -0.39 is 11.6 Å². The van der Waals surface area contributed by atoms with E-state index in [1.54, 1.807) is 17.1 Å². The molecule has 1 atom stereocenters. The van der Waals surface area contributed by atoms with Crippen molar-refractivity contribution in [1.29, 1.82) is 0 Å². The summed E-state index contributed by atoms with van der Waals surface area (Å²) in [6.45, 7) is 0.900. The Kier molecular flexibility index (Phi) is 5.77. The number of aromatic nitrogens is 4. The van der Waals surface area contributed by atoms with Crippen molar-refractivity contribution >= 4 is 29.1 Å². The highest BCUT2D eigenvalue weighted by molar-refractivity contribution is 6.29. The molecule has 7 nitrogen and oxygen atoms in total. The first-order chi connectivity index (χ1) is 17.5. The summed E-state index contributed by atoms with van der Waals surface area (Å²) in [4.78, 5) is 13.6. The van der Waals surface area contributed by atoms with Gasteiger partial charge in [0.1, 0.15) is 41.3 Å². The standard InChI is InChI=1S/C26H21ClF2N6O/c27-23-13-35(14-31-23)21-8-4-16-12-22(21)36-10-2-1-9-30-25-19-7-6-18(24(19)33-26(32-16)34-25)17-5-3-15(28)11-20(17)29/h1-5,8,11-14,18H,6-7,9-10H2,(H2,30,32,33,34)/b2-1-. The van der Waals surface area contributed by atoms with Crippen LogP contribution in [0.15, 0.2) is 61.1 Å². The minimum Gasteiger partial charge on any atom is -0.487 e. The normalized spacial score (nSPS) is 17.5. The van der Waals surface area contributed by atoms with Gasteiger partial charge >= 0.3 is 0 Å². The molecule has 0 saturated heterocycles. The van der Waals surface area contributed by atoms with Gasteiger partial charge in [0, 0.05) is 42.0 Å². The first-order valence-electron chi connectivity index (χ1n) is 11.5. The fraction of sp³-hybridized carbons (Fsp3) is 0.192. The quantitative estimate of drug-likeness (QED) is 0.336. The maximum absolute atomic E-state index is 14.7. The van der Waals surface area contributed by atoms with Crippen LogP contribution < -0.4 is 15.4 Å². The molecule has 2 N–H and O–H groups in total. The Labute approximate surface area is 210 Å². The van der Waals surface area contributed by atoms with Gasteiger partial charge in [-0.15, -0.1) is 0 Å². The molecule has 2 aromatic carbocycles. The molecule has 182 valence electrons. The number of nitrogens with one attached hydrogen (secondary N) is 2. The molecular formula is C26H21ClF2N6O. The first kappa shape index (κ1) is 22.5. The molecule has 36 heavy (non-hydrogen) atoms. The van der Waals surface area contributed by atoms with Crippen LogP contribution in [0.1, 0.15) is 29.2 Å². The number of benzene rings is 2. The monoisotopic (exact) mass is 506 g/mol. The van der Waals surface area contributed by atoms with Crippen molar-refractivity contribution in [2.45, 2.75) is 18.8 Å². The minimum atomic E-state index is -0.599. The molecule has 1 unspecified atom stereocenters. The molecule has 4 aromatic rings. The lowest BCUT2D eigenvalue weighted by molar-refractivity contribution is 0.361. The molecule has 1 aliphatic heterocycles. The average Bonchev–Trinajstić information content (AvgIpc) is 3.47. The van der Waals surface area contributed by atoms with Crippen LogP contribution in [-0.2, 0) is 6.42 Å². The van der Waals surface area contributed by atoms with Crippen LogP contribution in [-0.4, -0.2) is 32.7 Å². The maximum atomic E-state index is 14.7. The average molecular weight is 507 g/mol. The molecule has 3 heterocycles. The molecule has 2 aromatic heterocycles. The lowest BCUT2D eigenvalue weighted by Crippen LogP contribution is -2.10. The number of hydrogen-bond acceptors (Lipinski definition) is 6. The van der Waals surface area contributed by atoms with Crippen LogP contribution in [0.3, 0.4) is 0 Å². The highest BCUT2D eigenvalue weighted by atomic mass is 35.5. The van der Waals surface area contributed by atoms with Gasteiger partial charge in [-0.25, -0.2) is 18.7 Å². The summed E-state index contributed by atoms with van der Waals surface area (Å²) >= 11 is 6.01. The number of imidazole rings is 1. The van der Waals surface area contributed by atoms with E-state index in [1.807, 2.05) is 30.4 Å². The van der Waals surface area contributed by atoms with Gasteiger partial charge in [0.15, 0.2) is 0 Å². The fourth-order valence-corrected chi connectivity index (χ4v) is 4.82. The number of rotatable bonds is 2. The van der Waals surface area contributed by atoms with Crippen LogP contribution in [0.4, 0.5) is 26.2 Å². The van der Waals surface area contributed by atoms with Crippen LogP contribution in [0, 0.1) is 11.6 Å². The number of anilines is 3. The van der Waals surface area contributed by atoms with E-state index in [0.717, 1.165) is 28.7 Å². The Morgan fingerprint density at radius 3 is 2.83 bits per heavy atom. The molecule has 0 saturated carbocycles. The zero-order chi connectivity index (χ0) is 24.6. The highest BCUT2D eigenvalue weighted by Crippen LogP contribution is 2.41. The summed E-state index contributed by atoms with van der Waals surface area (Å²) < 4.78 is 36.0. The van der Waals surface area contributed by atoms with Gasteiger partial charge in [0.25, 0.3) is 0 Å². The van der Waals surface area contributed by atoms with Crippen molar-refractivity contribution < 1.29 is 13.5 Å². The van der Waals surface area contributed by atoms with Gasteiger partial charge < -0.3 is 19.9 Å². The molecule has 0 radical (unpaired) electrons. The third-order valence-corrected chi connectivity index (χ3v) is 6.52. The highest BCUT2D eigenvalue weighted by Gasteiger charge is 2.31. The van der Waals surface area contributed by atoms with E-state index in [9.17, 15) is 8.78 Å². The van der Waals surface area contributed by atoms with Gasteiger partial charge in [-0.2, -0.15) is 4.98 Å². The summed E-state index contributed by atoms with van der Waals surface area (Å²) in [6, 6.07) is 9.34. The lowest BCUT2D eigenvalue weighted by atomic mass is 9.96. The number of hydrogen-bond donors (Lipinski definition) is 2. The molecule has 10 heteroatoms. The van der Waals surface area contributed by atoms with Crippen LogP contribution in [0.2, 0.25) is 5.15 Å². The molecule has 0 fully saturated rings. The van der Waals surface area contributed by atoms with Crippen molar-refractivity contribution in [3.05, 3.63) is 94.7 Å². The van der Waals surface area contributed by atoms with Crippen molar-refractivity contribution in [2.24, 2.45) is 0 Å². The predicted molar refractivity (Wildman–Crippen MR) is 134 cm³/mol. The number of nitrogens with zero attached hydrogens (tertiary/aromatic N) is 4. The third-order valence-electron chi connectivity index (χ3n) is 6.32. The summed E-state index contributed by atoms with van der Waals surface area (Å²) in [5.74, 6) is 0.238. The van der Waals surface area contributed by atoms with Crippen LogP contribution >= 0.6 is 11.6 Å². The Morgan fingerprint density at radius 1 is 1.08 bits per heavy atom. The van der Waals surface area contributed by atoms with Crippen molar-refractivity contribution in [1.82, 2.24) is 19.5 Å². The zero-order valence-corrected chi connectivity index (χ0v) is 19.8. The summed E-state index contributed by atoms with van der Waals surface area (Å²) in [7, 11) is 0. The van der Waals surface area contributed by atoms with E-state index in [1.165, 1.54) is 12.1 Å². The van der Waals surface area contributed by atoms with Gasteiger partial charge in [0.2, 0.25) is 5.95 Å². The van der Waals surface area contributed by atoms with Crippen molar-refractivity contribution in [3.8, 4) is 11.4 Å². The molecule has 6 rings (SSSR count). The number of fused-ring (bicyclic) bond motifs is 6. The molecule has 4 bridgehead atoms. The lowest BCUT2D eigenvalue weighted by Gasteiger charge is -2.16. The van der Waals surface area contributed by atoms with E-state index in [2.05, 4.69) is 15.6 Å². The van der Waals surface area contributed by atoms with Crippen LogP contribution in [0.25, 0.3) is 5.69 Å². The molecular weight excluding hydrogens is 486 g/mol. The Bertz CT molecular complexity index is 1490. The predicted octanol–water partition coefficient (Wildman–Crippen LogP) is 5.78. The molecule has 0 spiro atoms. The Morgan fingerprint density at radius 2 is 2.00 bits per heavy atom. The van der Waals surface area contributed by atoms with Crippen LogP contribution in [0.5, 0.6) is 5.75 Å². The van der Waals surface area contributed by atoms with Crippen molar-refractivity contribution in [2.75, 3.05) is 23.8 Å². The summed E-state index contributed by atoms with van der Waals surface area (Å²) in [6.07, 6.45) is 8.57. The van der Waals surface area contributed by atoms with Gasteiger partial charge in [-0.3, -0.25) is 0 Å². The number of ether oxygens (including phenoxy) is 1. The second-order valence-electron chi connectivity index (χ2n) is 8.59. The Balaban J connectivity index is 1.41. The van der Waals surface area contributed by atoms with E-state index in [0.29, 0.717) is 54.2 Å².